The van der Waals surface area contributed by atoms with E-state index in [4.69, 9.17) is 9.47 Å². The average Bonchev–Trinajstić information content (AvgIpc) is 3.21. The Kier molecular flexibility index (Phi) is 4.37. The molecule has 1 amide bonds. The molecule has 1 aromatic carbocycles. The number of anilines is 1. The van der Waals surface area contributed by atoms with Crippen LogP contribution in [-0.2, 0) is 11.3 Å². The molecule has 1 unspecified atom stereocenters. The molecule has 4 rings (SSSR count). The van der Waals surface area contributed by atoms with E-state index in [9.17, 15) is 4.79 Å². The minimum Gasteiger partial charge on any atom is -0.485 e. The normalized spacial score (nSPS) is 18.9. The fraction of sp³-hybridized carbons (Fsp3) is 0.389. The highest BCUT2D eigenvalue weighted by atomic mass is 16.6. The number of carbonyl (C=O) groups excluding carboxylic acids is 1. The lowest BCUT2D eigenvalue weighted by atomic mass is 10.2. The van der Waals surface area contributed by atoms with E-state index in [0.29, 0.717) is 18.0 Å². The molecule has 1 N–H and O–H groups in total. The number of aromatic nitrogens is 2. The van der Waals surface area contributed by atoms with Gasteiger partial charge in [-0.15, -0.1) is 0 Å². The Morgan fingerprint density at radius 3 is 2.84 bits per heavy atom. The predicted octanol–water partition coefficient (Wildman–Crippen LogP) is 1.53. The fourth-order valence-electron chi connectivity index (χ4n) is 2.99. The number of fused-ring (bicyclic) bond motifs is 1. The summed E-state index contributed by atoms with van der Waals surface area (Å²) in [6, 6.07) is 9.15. The van der Waals surface area contributed by atoms with Crippen molar-refractivity contribution in [3.8, 4) is 11.5 Å². The van der Waals surface area contributed by atoms with Crippen LogP contribution in [0.5, 0.6) is 11.5 Å². The lowest BCUT2D eigenvalue weighted by Crippen LogP contribution is -2.43. The summed E-state index contributed by atoms with van der Waals surface area (Å²) in [7, 11) is 0. The van der Waals surface area contributed by atoms with Gasteiger partial charge in [0.25, 0.3) is 5.91 Å². The Hall–Kier alpha value is -2.83. The summed E-state index contributed by atoms with van der Waals surface area (Å²) in [5.74, 6) is 1.77. The highest BCUT2D eigenvalue weighted by molar-refractivity contribution is 5.81. The van der Waals surface area contributed by atoms with Crippen LogP contribution in [0.25, 0.3) is 0 Å². The van der Waals surface area contributed by atoms with Crippen LogP contribution in [-0.4, -0.2) is 41.7 Å². The predicted molar refractivity (Wildman–Crippen MR) is 91.7 cm³/mol. The molecule has 25 heavy (non-hydrogen) atoms. The summed E-state index contributed by atoms with van der Waals surface area (Å²) in [6.45, 7) is 2.51. The van der Waals surface area contributed by atoms with Gasteiger partial charge in [0.1, 0.15) is 6.61 Å². The first-order valence-electron chi connectivity index (χ1n) is 8.53. The highest BCUT2D eigenvalue weighted by Gasteiger charge is 2.27. The minimum atomic E-state index is -0.658. The second kappa shape index (κ2) is 6.96. The number of ether oxygens (including phenoxy) is 2. The van der Waals surface area contributed by atoms with Crippen molar-refractivity contribution in [3.05, 3.63) is 42.2 Å². The van der Waals surface area contributed by atoms with E-state index in [1.807, 2.05) is 24.3 Å². The van der Waals surface area contributed by atoms with Gasteiger partial charge in [-0.25, -0.2) is 9.97 Å². The minimum absolute atomic E-state index is 0.200. The number of carbonyl (C=O) groups is 1. The van der Waals surface area contributed by atoms with Crippen LogP contribution in [0.15, 0.2) is 36.5 Å². The number of nitrogens with one attached hydrogen (secondary N) is 1. The Labute approximate surface area is 146 Å². The van der Waals surface area contributed by atoms with Crippen LogP contribution in [0.2, 0.25) is 0 Å². The zero-order valence-corrected chi connectivity index (χ0v) is 13.9. The smallest absolute Gasteiger partial charge is 0.265 e. The second-order valence-corrected chi connectivity index (χ2v) is 6.12. The standard InChI is InChI=1S/C18H20N4O3/c23-17(16-12-24-14-5-1-2-6-15(14)25-16)20-11-13-7-8-19-18(21-13)22-9-3-4-10-22/h1-2,5-8,16H,3-4,9-12H2,(H,20,23). The molecular weight excluding hydrogens is 320 g/mol. The van der Waals surface area contributed by atoms with Crippen molar-refractivity contribution in [2.45, 2.75) is 25.5 Å². The summed E-state index contributed by atoms with van der Waals surface area (Å²) < 4.78 is 11.3. The molecule has 2 aliphatic rings. The van der Waals surface area contributed by atoms with Crippen LogP contribution in [0.1, 0.15) is 18.5 Å². The Balaban J connectivity index is 1.35. The molecule has 7 heteroatoms. The third-order valence-corrected chi connectivity index (χ3v) is 4.33. The van der Waals surface area contributed by atoms with Crippen LogP contribution in [0.3, 0.4) is 0 Å². The van der Waals surface area contributed by atoms with Crippen molar-refractivity contribution in [1.29, 1.82) is 0 Å². The van der Waals surface area contributed by atoms with E-state index in [1.54, 1.807) is 12.3 Å². The van der Waals surface area contributed by atoms with Gasteiger partial charge in [0.05, 0.1) is 12.2 Å². The van der Waals surface area contributed by atoms with Crippen molar-refractivity contribution < 1.29 is 14.3 Å². The van der Waals surface area contributed by atoms with Crippen molar-refractivity contribution in [3.63, 3.8) is 0 Å². The molecule has 130 valence electrons. The van der Waals surface area contributed by atoms with Crippen LogP contribution >= 0.6 is 0 Å². The van der Waals surface area contributed by atoms with Gasteiger partial charge in [-0.2, -0.15) is 0 Å². The van der Waals surface area contributed by atoms with E-state index in [1.165, 1.54) is 12.8 Å². The van der Waals surface area contributed by atoms with Gasteiger partial charge in [0, 0.05) is 19.3 Å². The number of amides is 1. The van der Waals surface area contributed by atoms with Crippen LogP contribution in [0, 0.1) is 0 Å². The average molecular weight is 340 g/mol. The molecule has 7 nitrogen and oxygen atoms in total. The number of hydrogen-bond acceptors (Lipinski definition) is 6. The molecule has 0 bridgehead atoms. The zero-order valence-electron chi connectivity index (χ0n) is 13.9. The van der Waals surface area contributed by atoms with Gasteiger partial charge in [-0.3, -0.25) is 4.79 Å². The largest absolute Gasteiger partial charge is 0.485 e. The lowest BCUT2D eigenvalue weighted by molar-refractivity contribution is -0.130. The first kappa shape index (κ1) is 15.7. The maximum absolute atomic E-state index is 12.4. The first-order valence-corrected chi connectivity index (χ1v) is 8.53. The van der Waals surface area contributed by atoms with E-state index >= 15 is 0 Å². The number of rotatable bonds is 4. The number of benzene rings is 1. The Bertz CT molecular complexity index is 761. The third kappa shape index (κ3) is 3.50. The Morgan fingerprint density at radius 1 is 1.20 bits per heavy atom. The maximum Gasteiger partial charge on any atom is 0.265 e. The van der Waals surface area contributed by atoms with Crippen molar-refractivity contribution in [1.82, 2.24) is 15.3 Å². The lowest BCUT2D eigenvalue weighted by Gasteiger charge is -2.25. The molecule has 1 fully saturated rings. The molecule has 1 saturated heterocycles. The maximum atomic E-state index is 12.4. The molecular formula is C18H20N4O3. The molecule has 0 radical (unpaired) electrons. The highest BCUT2D eigenvalue weighted by Crippen LogP contribution is 2.30. The summed E-state index contributed by atoms with van der Waals surface area (Å²) in [5, 5.41) is 2.86. The molecule has 3 heterocycles. The third-order valence-electron chi connectivity index (χ3n) is 4.33. The molecule has 0 saturated carbocycles. The van der Waals surface area contributed by atoms with Crippen molar-refractivity contribution in [2.75, 3.05) is 24.6 Å². The number of para-hydroxylation sites is 2. The van der Waals surface area contributed by atoms with Crippen molar-refractivity contribution >= 4 is 11.9 Å². The number of hydrogen-bond donors (Lipinski definition) is 1. The van der Waals surface area contributed by atoms with E-state index < -0.39 is 6.10 Å². The molecule has 0 spiro atoms. The van der Waals surface area contributed by atoms with Crippen molar-refractivity contribution in [2.24, 2.45) is 0 Å². The summed E-state index contributed by atoms with van der Waals surface area (Å²) in [5.41, 5.74) is 0.780. The zero-order chi connectivity index (χ0) is 17.1. The van der Waals surface area contributed by atoms with Gasteiger partial charge in [-0.1, -0.05) is 12.1 Å². The first-order chi connectivity index (χ1) is 12.3. The quantitative estimate of drug-likeness (QED) is 0.910. The molecule has 2 aromatic rings. The van der Waals surface area contributed by atoms with Gasteiger partial charge in [0.15, 0.2) is 11.5 Å². The summed E-state index contributed by atoms with van der Waals surface area (Å²) >= 11 is 0. The second-order valence-electron chi connectivity index (χ2n) is 6.12. The summed E-state index contributed by atoms with van der Waals surface area (Å²) in [6.07, 6.45) is 3.42. The van der Waals surface area contributed by atoms with Crippen LogP contribution in [0.4, 0.5) is 5.95 Å². The molecule has 1 atom stereocenters. The molecule has 2 aliphatic heterocycles. The van der Waals surface area contributed by atoms with Gasteiger partial charge in [-0.05, 0) is 31.0 Å². The Morgan fingerprint density at radius 2 is 2.00 bits per heavy atom. The topological polar surface area (TPSA) is 76.6 Å². The van der Waals surface area contributed by atoms with E-state index in [2.05, 4.69) is 20.2 Å². The summed E-state index contributed by atoms with van der Waals surface area (Å²) in [4.78, 5) is 23.4. The molecule has 0 aliphatic carbocycles. The van der Waals surface area contributed by atoms with Gasteiger partial charge >= 0.3 is 0 Å². The number of nitrogens with zero attached hydrogens (tertiary/aromatic N) is 3. The van der Waals surface area contributed by atoms with E-state index in [0.717, 1.165) is 24.7 Å². The monoisotopic (exact) mass is 340 g/mol. The van der Waals surface area contributed by atoms with E-state index in [-0.39, 0.29) is 12.5 Å². The van der Waals surface area contributed by atoms with Gasteiger partial charge < -0.3 is 19.7 Å². The van der Waals surface area contributed by atoms with Gasteiger partial charge in [0.2, 0.25) is 12.1 Å². The van der Waals surface area contributed by atoms with Crippen LogP contribution < -0.4 is 19.7 Å². The SMILES string of the molecule is O=C(NCc1ccnc(N2CCCC2)n1)C1COc2ccccc2O1. The fourth-order valence-corrected chi connectivity index (χ4v) is 2.99. The molecule has 1 aromatic heterocycles.